The smallest absolute Gasteiger partial charge is 0.372 e. The number of aromatic carboxylic acids is 1. The molecule has 0 saturated carbocycles. The number of ether oxygens (including phenoxy) is 1. The average molecular weight is 264 g/mol. The lowest BCUT2D eigenvalue weighted by Gasteiger charge is -2.00. The Labute approximate surface area is 106 Å². The van der Waals surface area contributed by atoms with Gasteiger partial charge in [0.25, 0.3) is 0 Å². The van der Waals surface area contributed by atoms with Crippen LogP contribution in [0.15, 0.2) is 30.3 Å². The van der Waals surface area contributed by atoms with Gasteiger partial charge in [-0.3, -0.25) is 0 Å². The Morgan fingerprint density at radius 3 is 2.50 bits per heavy atom. The number of carboxylic acid groups (broad SMARTS) is 1. The van der Waals surface area contributed by atoms with Gasteiger partial charge >= 0.3 is 11.9 Å². The van der Waals surface area contributed by atoms with E-state index in [9.17, 15) is 9.59 Å². The Hall–Kier alpha value is -2.41. The highest BCUT2D eigenvalue weighted by atomic mass is 32.1. The van der Waals surface area contributed by atoms with Crippen LogP contribution < -0.4 is 10.5 Å². The molecule has 0 amide bonds. The number of carbonyl (C=O) groups is 2. The van der Waals surface area contributed by atoms with Crippen molar-refractivity contribution in [2.75, 3.05) is 5.73 Å². The summed E-state index contributed by atoms with van der Waals surface area (Å²) in [6.07, 6.45) is 0. The molecule has 0 unspecified atom stereocenters. The molecule has 18 heavy (non-hydrogen) atoms. The summed E-state index contributed by atoms with van der Waals surface area (Å²) in [6.45, 7) is 0. The van der Waals surface area contributed by atoms with Crippen molar-refractivity contribution in [3.05, 3.63) is 41.0 Å². The molecule has 7 heteroatoms. The van der Waals surface area contributed by atoms with E-state index in [1.165, 1.54) is 0 Å². The maximum Gasteiger partial charge on any atom is 0.372 e. The average Bonchev–Trinajstić information content (AvgIpc) is 2.73. The van der Waals surface area contributed by atoms with Crippen molar-refractivity contribution in [1.82, 2.24) is 4.98 Å². The predicted octanol–water partition coefficient (Wildman–Crippen LogP) is 1.64. The minimum atomic E-state index is -1.28. The molecule has 3 N–H and O–H groups in total. The first-order valence-electron chi connectivity index (χ1n) is 4.84. The molecule has 0 aliphatic carbocycles. The van der Waals surface area contributed by atoms with Crippen LogP contribution in [0.1, 0.15) is 20.3 Å². The number of rotatable bonds is 3. The third-order valence-corrected chi connectivity index (χ3v) is 2.85. The van der Waals surface area contributed by atoms with Gasteiger partial charge in [0.2, 0.25) is 5.01 Å². The fourth-order valence-corrected chi connectivity index (χ4v) is 1.91. The predicted molar refractivity (Wildman–Crippen MR) is 64.9 cm³/mol. The molecular weight excluding hydrogens is 256 g/mol. The van der Waals surface area contributed by atoms with Gasteiger partial charge in [-0.05, 0) is 12.1 Å². The van der Waals surface area contributed by atoms with E-state index < -0.39 is 11.9 Å². The molecule has 1 aromatic heterocycles. The van der Waals surface area contributed by atoms with Gasteiger partial charge in [0.15, 0.2) is 5.69 Å². The van der Waals surface area contributed by atoms with Crippen LogP contribution in [0.2, 0.25) is 0 Å². The van der Waals surface area contributed by atoms with Gasteiger partial charge in [-0.25, -0.2) is 14.6 Å². The van der Waals surface area contributed by atoms with Crippen LogP contribution in [0.25, 0.3) is 0 Å². The zero-order valence-electron chi connectivity index (χ0n) is 8.99. The molecule has 0 atom stereocenters. The molecule has 0 spiro atoms. The molecule has 1 aromatic carbocycles. The van der Waals surface area contributed by atoms with Gasteiger partial charge in [0.05, 0.1) is 0 Å². The molecule has 2 aromatic rings. The summed E-state index contributed by atoms with van der Waals surface area (Å²) >= 11 is 0.781. The number of hydrogen-bond acceptors (Lipinski definition) is 6. The third-order valence-electron chi connectivity index (χ3n) is 1.98. The summed E-state index contributed by atoms with van der Waals surface area (Å²) in [6, 6.07) is 8.41. The van der Waals surface area contributed by atoms with Crippen molar-refractivity contribution < 1.29 is 19.4 Å². The van der Waals surface area contributed by atoms with E-state index >= 15 is 0 Å². The Kier molecular flexibility index (Phi) is 3.24. The normalized spacial score (nSPS) is 10.0. The van der Waals surface area contributed by atoms with Gasteiger partial charge < -0.3 is 15.6 Å². The number of thiazole rings is 1. The van der Waals surface area contributed by atoms with Crippen molar-refractivity contribution in [1.29, 1.82) is 0 Å². The van der Waals surface area contributed by atoms with E-state index in [-0.39, 0.29) is 15.7 Å². The van der Waals surface area contributed by atoms with Gasteiger partial charge in [0, 0.05) is 0 Å². The topological polar surface area (TPSA) is 103 Å². The summed E-state index contributed by atoms with van der Waals surface area (Å²) in [4.78, 5) is 26.0. The van der Waals surface area contributed by atoms with Crippen molar-refractivity contribution in [3.63, 3.8) is 0 Å². The zero-order valence-corrected chi connectivity index (χ0v) is 9.81. The summed E-state index contributed by atoms with van der Waals surface area (Å²) in [5.74, 6) is -1.65. The highest BCUT2D eigenvalue weighted by molar-refractivity contribution is 7.17. The molecule has 92 valence electrons. The molecule has 0 radical (unpaired) electrons. The first-order chi connectivity index (χ1) is 8.58. The van der Waals surface area contributed by atoms with E-state index in [1.807, 2.05) is 0 Å². The van der Waals surface area contributed by atoms with Gasteiger partial charge in [-0.1, -0.05) is 29.5 Å². The largest absolute Gasteiger partial charge is 0.476 e. The number of carbonyl (C=O) groups excluding carboxylic acids is 1. The minimum absolute atomic E-state index is 0.0255. The fourth-order valence-electron chi connectivity index (χ4n) is 1.21. The lowest BCUT2D eigenvalue weighted by Crippen LogP contribution is -2.09. The van der Waals surface area contributed by atoms with Crippen molar-refractivity contribution in [2.45, 2.75) is 0 Å². The molecule has 0 bridgehead atoms. The molecule has 1 heterocycles. The molecule has 0 aliphatic rings. The van der Waals surface area contributed by atoms with E-state index in [2.05, 4.69) is 4.98 Å². The Bertz CT molecular complexity index is 594. The number of para-hydroxylation sites is 1. The number of anilines is 1. The van der Waals surface area contributed by atoms with E-state index in [0.717, 1.165) is 11.3 Å². The SMILES string of the molecule is Nc1sc(C(=O)Oc2ccccc2)nc1C(=O)O. The summed E-state index contributed by atoms with van der Waals surface area (Å²) in [5.41, 5.74) is 5.11. The first kappa shape index (κ1) is 12.1. The number of nitrogens with zero attached hydrogens (tertiary/aromatic N) is 1. The Morgan fingerprint density at radius 2 is 1.94 bits per heavy atom. The minimum Gasteiger partial charge on any atom is -0.476 e. The number of hydrogen-bond donors (Lipinski definition) is 2. The lowest BCUT2D eigenvalue weighted by atomic mass is 10.3. The second kappa shape index (κ2) is 4.84. The molecular formula is C11H8N2O4S. The van der Waals surface area contributed by atoms with Gasteiger partial charge in [0.1, 0.15) is 10.8 Å². The Balaban J connectivity index is 2.20. The van der Waals surface area contributed by atoms with Gasteiger partial charge in [-0.2, -0.15) is 0 Å². The van der Waals surface area contributed by atoms with Gasteiger partial charge in [-0.15, -0.1) is 0 Å². The number of carboxylic acids is 1. The molecule has 0 saturated heterocycles. The summed E-state index contributed by atoms with van der Waals surface area (Å²) < 4.78 is 5.01. The van der Waals surface area contributed by atoms with Crippen molar-refractivity contribution in [3.8, 4) is 5.75 Å². The maximum atomic E-state index is 11.7. The number of nitrogens with two attached hydrogens (primary N) is 1. The number of nitrogen functional groups attached to an aromatic ring is 1. The highest BCUT2D eigenvalue weighted by Crippen LogP contribution is 2.22. The van der Waals surface area contributed by atoms with E-state index in [4.69, 9.17) is 15.6 Å². The lowest BCUT2D eigenvalue weighted by molar-refractivity contribution is 0.0692. The summed E-state index contributed by atoms with van der Waals surface area (Å²) in [5, 5.41) is 8.65. The van der Waals surface area contributed by atoms with E-state index in [0.29, 0.717) is 5.75 Å². The van der Waals surface area contributed by atoms with E-state index in [1.54, 1.807) is 30.3 Å². The van der Waals surface area contributed by atoms with Crippen LogP contribution in [0.4, 0.5) is 5.00 Å². The molecule has 2 rings (SSSR count). The number of aromatic nitrogens is 1. The first-order valence-corrected chi connectivity index (χ1v) is 5.66. The zero-order chi connectivity index (χ0) is 13.1. The second-order valence-electron chi connectivity index (χ2n) is 3.24. The van der Waals surface area contributed by atoms with Crippen LogP contribution in [0.5, 0.6) is 5.75 Å². The van der Waals surface area contributed by atoms with Crippen LogP contribution in [-0.4, -0.2) is 22.0 Å². The number of benzene rings is 1. The number of esters is 1. The monoisotopic (exact) mass is 264 g/mol. The van der Waals surface area contributed by atoms with Crippen LogP contribution >= 0.6 is 11.3 Å². The van der Waals surface area contributed by atoms with Crippen molar-refractivity contribution >= 4 is 28.3 Å². The highest BCUT2D eigenvalue weighted by Gasteiger charge is 2.20. The summed E-state index contributed by atoms with van der Waals surface area (Å²) in [7, 11) is 0. The third kappa shape index (κ3) is 2.46. The second-order valence-corrected chi connectivity index (χ2v) is 4.27. The molecule has 0 fully saturated rings. The quantitative estimate of drug-likeness (QED) is 0.645. The van der Waals surface area contributed by atoms with Crippen LogP contribution in [-0.2, 0) is 0 Å². The maximum absolute atomic E-state index is 11.7. The fraction of sp³-hybridized carbons (Fsp3) is 0. The van der Waals surface area contributed by atoms with Crippen LogP contribution in [0, 0.1) is 0 Å². The Morgan fingerprint density at radius 1 is 1.28 bits per heavy atom. The van der Waals surface area contributed by atoms with Crippen LogP contribution in [0.3, 0.4) is 0 Å². The standard InChI is InChI=1S/C11H8N2O4S/c12-8-7(10(14)15)13-9(18-8)11(16)17-6-4-2-1-3-5-6/h1-5H,12H2,(H,14,15). The molecule has 6 nitrogen and oxygen atoms in total. The molecule has 0 aliphatic heterocycles. The van der Waals surface area contributed by atoms with Crippen molar-refractivity contribution in [2.24, 2.45) is 0 Å².